The Labute approximate surface area is 150 Å². The average Bonchev–Trinajstić information content (AvgIpc) is 2.62. The number of rotatable bonds is 4. The van der Waals surface area contributed by atoms with Gasteiger partial charge in [-0.05, 0) is 30.7 Å². The summed E-state index contributed by atoms with van der Waals surface area (Å²) in [4.78, 5) is 17.1. The molecule has 1 N–H and O–H groups in total. The number of carbonyl (C=O) groups excluding carboxylic acids is 1. The molecule has 6 heteroatoms. The SMILES string of the molecule is COc1ccccc1NC(=O)[C@@H](C)SC1=Nc2ccccc2CS1. The van der Waals surface area contributed by atoms with Crippen molar-refractivity contribution in [3.05, 3.63) is 54.1 Å². The van der Waals surface area contributed by atoms with Crippen molar-refractivity contribution in [1.29, 1.82) is 0 Å². The molecule has 2 aromatic rings. The zero-order valence-corrected chi connectivity index (χ0v) is 15.1. The van der Waals surface area contributed by atoms with E-state index in [2.05, 4.69) is 16.4 Å². The van der Waals surface area contributed by atoms with Gasteiger partial charge in [0.2, 0.25) is 5.91 Å². The van der Waals surface area contributed by atoms with E-state index in [1.165, 1.54) is 17.3 Å². The van der Waals surface area contributed by atoms with Gasteiger partial charge in [-0.15, -0.1) is 0 Å². The fraction of sp³-hybridized carbons (Fsp3) is 0.222. The molecule has 4 nitrogen and oxygen atoms in total. The monoisotopic (exact) mass is 358 g/mol. The van der Waals surface area contributed by atoms with Crippen molar-refractivity contribution in [3.63, 3.8) is 0 Å². The van der Waals surface area contributed by atoms with Gasteiger partial charge >= 0.3 is 0 Å². The molecule has 24 heavy (non-hydrogen) atoms. The molecule has 0 bridgehead atoms. The zero-order valence-electron chi connectivity index (χ0n) is 13.5. The molecule has 0 radical (unpaired) electrons. The van der Waals surface area contributed by atoms with Crippen LogP contribution in [0.25, 0.3) is 0 Å². The molecule has 0 aliphatic carbocycles. The van der Waals surface area contributed by atoms with Gasteiger partial charge in [0, 0.05) is 5.75 Å². The highest BCUT2D eigenvalue weighted by molar-refractivity contribution is 8.39. The van der Waals surface area contributed by atoms with Crippen molar-refractivity contribution in [3.8, 4) is 5.75 Å². The maximum atomic E-state index is 12.4. The van der Waals surface area contributed by atoms with Crippen molar-refractivity contribution >= 4 is 45.2 Å². The predicted molar refractivity (Wildman–Crippen MR) is 104 cm³/mol. The minimum Gasteiger partial charge on any atom is -0.495 e. The topological polar surface area (TPSA) is 50.7 Å². The van der Waals surface area contributed by atoms with Crippen LogP contribution in [0.5, 0.6) is 5.75 Å². The second-order valence-corrected chi connectivity index (χ2v) is 7.80. The summed E-state index contributed by atoms with van der Waals surface area (Å²) in [7, 11) is 1.59. The first kappa shape index (κ1) is 16.9. The Morgan fingerprint density at radius 2 is 2.00 bits per heavy atom. The van der Waals surface area contributed by atoms with Gasteiger partial charge < -0.3 is 10.1 Å². The van der Waals surface area contributed by atoms with E-state index in [0.29, 0.717) is 11.4 Å². The first-order valence-corrected chi connectivity index (χ1v) is 9.44. The quantitative estimate of drug-likeness (QED) is 0.861. The van der Waals surface area contributed by atoms with Crippen molar-refractivity contribution < 1.29 is 9.53 Å². The van der Waals surface area contributed by atoms with Crippen LogP contribution < -0.4 is 10.1 Å². The van der Waals surface area contributed by atoms with E-state index < -0.39 is 0 Å². The molecule has 0 spiro atoms. The number of ether oxygens (including phenoxy) is 1. The summed E-state index contributed by atoms with van der Waals surface area (Å²) in [5.41, 5.74) is 2.91. The van der Waals surface area contributed by atoms with E-state index in [4.69, 9.17) is 4.74 Å². The van der Waals surface area contributed by atoms with Crippen LogP contribution in [0.15, 0.2) is 53.5 Å². The van der Waals surface area contributed by atoms with Crippen LogP contribution in [0.2, 0.25) is 0 Å². The highest BCUT2D eigenvalue weighted by Gasteiger charge is 2.20. The third-order valence-electron chi connectivity index (χ3n) is 3.57. The van der Waals surface area contributed by atoms with E-state index >= 15 is 0 Å². The van der Waals surface area contributed by atoms with Gasteiger partial charge in [-0.3, -0.25) is 4.79 Å². The maximum Gasteiger partial charge on any atom is 0.237 e. The number of nitrogens with zero attached hydrogens (tertiary/aromatic N) is 1. The first-order valence-electron chi connectivity index (χ1n) is 7.57. The molecule has 2 aromatic carbocycles. The van der Waals surface area contributed by atoms with Gasteiger partial charge in [0.15, 0.2) is 0 Å². The fourth-order valence-electron chi connectivity index (χ4n) is 2.26. The number of fused-ring (bicyclic) bond motifs is 1. The number of anilines is 1. The van der Waals surface area contributed by atoms with Gasteiger partial charge in [0.1, 0.15) is 10.1 Å². The van der Waals surface area contributed by atoms with Crippen molar-refractivity contribution in [2.24, 2.45) is 4.99 Å². The third kappa shape index (κ3) is 3.94. The molecule has 0 saturated heterocycles. The largest absolute Gasteiger partial charge is 0.495 e. The normalized spacial score (nSPS) is 14.3. The molecule has 3 rings (SSSR count). The van der Waals surface area contributed by atoms with E-state index in [1.54, 1.807) is 18.9 Å². The summed E-state index contributed by atoms with van der Waals surface area (Å²) in [6, 6.07) is 15.5. The molecule has 1 aliphatic heterocycles. The lowest BCUT2D eigenvalue weighted by molar-refractivity contribution is -0.115. The zero-order chi connectivity index (χ0) is 16.9. The molecule has 0 unspecified atom stereocenters. The average molecular weight is 358 g/mol. The summed E-state index contributed by atoms with van der Waals surface area (Å²) >= 11 is 3.16. The number of para-hydroxylation sites is 3. The van der Waals surface area contributed by atoms with Gasteiger partial charge in [-0.2, -0.15) is 0 Å². The van der Waals surface area contributed by atoms with Crippen LogP contribution in [0.1, 0.15) is 12.5 Å². The maximum absolute atomic E-state index is 12.4. The molecule has 0 saturated carbocycles. The number of hydrogen-bond donors (Lipinski definition) is 1. The summed E-state index contributed by atoms with van der Waals surface area (Å²) in [5, 5.41) is 2.68. The smallest absolute Gasteiger partial charge is 0.237 e. The summed E-state index contributed by atoms with van der Waals surface area (Å²) in [5.74, 6) is 1.48. The Morgan fingerprint density at radius 1 is 1.25 bits per heavy atom. The predicted octanol–water partition coefficient (Wildman–Crippen LogP) is 4.69. The molecule has 1 atom stereocenters. The van der Waals surface area contributed by atoms with E-state index in [9.17, 15) is 4.79 Å². The molecule has 1 aliphatic rings. The van der Waals surface area contributed by atoms with Crippen LogP contribution >= 0.6 is 23.5 Å². The van der Waals surface area contributed by atoms with Crippen LogP contribution in [0.4, 0.5) is 11.4 Å². The molecule has 1 amide bonds. The molecular weight excluding hydrogens is 340 g/mol. The number of aliphatic imine (C=N–C) groups is 1. The lowest BCUT2D eigenvalue weighted by Crippen LogP contribution is -2.23. The number of amides is 1. The third-order valence-corrected chi connectivity index (χ3v) is 5.86. The van der Waals surface area contributed by atoms with Crippen LogP contribution in [0.3, 0.4) is 0 Å². The molecule has 0 aromatic heterocycles. The van der Waals surface area contributed by atoms with Gasteiger partial charge in [0.25, 0.3) is 0 Å². The van der Waals surface area contributed by atoms with E-state index in [-0.39, 0.29) is 11.2 Å². The van der Waals surface area contributed by atoms with E-state index in [1.807, 2.05) is 49.4 Å². The van der Waals surface area contributed by atoms with Crippen LogP contribution in [0, 0.1) is 0 Å². The minimum atomic E-state index is -0.244. The Morgan fingerprint density at radius 3 is 2.83 bits per heavy atom. The van der Waals surface area contributed by atoms with Crippen molar-refractivity contribution in [2.75, 3.05) is 12.4 Å². The van der Waals surface area contributed by atoms with Crippen LogP contribution in [-0.4, -0.2) is 22.6 Å². The van der Waals surface area contributed by atoms with Crippen LogP contribution in [-0.2, 0) is 10.5 Å². The van der Waals surface area contributed by atoms with Gasteiger partial charge in [-0.25, -0.2) is 4.99 Å². The highest BCUT2D eigenvalue weighted by Crippen LogP contribution is 2.36. The number of carbonyl (C=O) groups is 1. The Balaban J connectivity index is 1.66. The number of hydrogen-bond acceptors (Lipinski definition) is 5. The Kier molecular flexibility index (Phi) is 5.48. The Bertz CT molecular complexity index is 777. The lowest BCUT2D eigenvalue weighted by Gasteiger charge is -2.17. The van der Waals surface area contributed by atoms with E-state index in [0.717, 1.165) is 15.8 Å². The van der Waals surface area contributed by atoms with Gasteiger partial charge in [0.05, 0.1) is 23.7 Å². The van der Waals surface area contributed by atoms with Gasteiger partial charge in [-0.1, -0.05) is 53.9 Å². The second kappa shape index (κ2) is 7.77. The summed E-state index contributed by atoms with van der Waals surface area (Å²) in [6.45, 7) is 1.89. The lowest BCUT2D eigenvalue weighted by atomic mass is 10.2. The number of nitrogens with one attached hydrogen (secondary N) is 1. The highest BCUT2D eigenvalue weighted by atomic mass is 32.2. The molecule has 0 fully saturated rings. The van der Waals surface area contributed by atoms with Crippen molar-refractivity contribution in [2.45, 2.75) is 17.9 Å². The van der Waals surface area contributed by atoms with Crippen molar-refractivity contribution in [1.82, 2.24) is 0 Å². The summed E-state index contributed by atoms with van der Waals surface area (Å²) in [6.07, 6.45) is 0. The molecular formula is C18H18N2O2S2. The number of benzene rings is 2. The molecule has 124 valence electrons. The second-order valence-electron chi connectivity index (χ2n) is 5.24. The summed E-state index contributed by atoms with van der Waals surface area (Å²) < 4.78 is 6.19. The molecule has 1 heterocycles. The Hall–Kier alpha value is -1.92. The minimum absolute atomic E-state index is 0.0633. The number of thioether (sulfide) groups is 2. The first-order chi connectivity index (χ1) is 11.7. The number of methoxy groups -OCH3 is 1. The standard InChI is InChI=1S/C18H18N2O2S2/c1-12(17(21)19-15-9-5-6-10-16(15)22-2)24-18-20-14-8-4-3-7-13(14)11-23-18/h3-10,12H,11H2,1-2H3,(H,19,21)/t12-/m1/s1. The fourth-order valence-corrected chi connectivity index (χ4v) is 4.45.